The second-order valence-electron chi connectivity index (χ2n) is 4.08. The monoisotopic (exact) mass is 265 g/mol. The topological polar surface area (TPSA) is 93.5 Å². The van der Waals surface area contributed by atoms with Gasteiger partial charge in [0.15, 0.2) is 0 Å². The Morgan fingerprint density at radius 3 is 2.53 bits per heavy atom. The molecule has 2 amide bonds. The fourth-order valence-electron chi connectivity index (χ4n) is 1.52. The van der Waals surface area contributed by atoms with Crippen molar-refractivity contribution in [2.75, 3.05) is 17.7 Å². The summed E-state index contributed by atoms with van der Waals surface area (Å²) in [4.78, 5) is 22.8. The number of carbonyl (C=O) groups is 2. The van der Waals surface area contributed by atoms with Gasteiger partial charge in [0.25, 0.3) is 0 Å². The molecule has 0 aliphatic carbocycles. The normalized spacial score (nSPS) is 11.5. The minimum Gasteiger partial charge on any atom is -0.453 e. The van der Waals surface area contributed by atoms with Crippen LogP contribution in [-0.2, 0) is 9.53 Å². The van der Waals surface area contributed by atoms with Gasteiger partial charge in [0.05, 0.1) is 13.2 Å². The van der Waals surface area contributed by atoms with E-state index in [1.165, 1.54) is 7.11 Å². The van der Waals surface area contributed by atoms with Crippen molar-refractivity contribution in [3.05, 3.63) is 24.3 Å². The summed E-state index contributed by atoms with van der Waals surface area (Å²) in [6.45, 7) is 1.97. The highest BCUT2D eigenvalue weighted by Crippen LogP contribution is 2.15. The summed E-state index contributed by atoms with van der Waals surface area (Å²) >= 11 is 0. The zero-order valence-corrected chi connectivity index (χ0v) is 11.1. The Bertz CT molecular complexity index is 449. The fourth-order valence-corrected chi connectivity index (χ4v) is 1.52. The van der Waals surface area contributed by atoms with E-state index < -0.39 is 12.1 Å². The van der Waals surface area contributed by atoms with Gasteiger partial charge in [0, 0.05) is 11.4 Å². The van der Waals surface area contributed by atoms with E-state index in [-0.39, 0.29) is 5.91 Å². The molecule has 0 bridgehead atoms. The minimum atomic E-state index is -0.564. The number of carbonyl (C=O) groups excluding carboxylic acids is 2. The molecule has 0 saturated heterocycles. The molecule has 1 rings (SSSR count). The number of ether oxygens (including phenoxy) is 1. The lowest BCUT2D eigenvalue weighted by molar-refractivity contribution is -0.117. The summed E-state index contributed by atoms with van der Waals surface area (Å²) in [5.41, 5.74) is 6.82. The average Bonchev–Trinajstić information content (AvgIpc) is 2.39. The van der Waals surface area contributed by atoms with E-state index in [1.54, 1.807) is 24.3 Å². The number of anilines is 2. The van der Waals surface area contributed by atoms with Crippen LogP contribution in [0.3, 0.4) is 0 Å². The van der Waals surface area contributed by atoms with Crippen molar-refractivity contribution in [1.29, 1.82) is 0 Å². The van der Waals surface area contributed by atoms with Gasteiger partial charge in [-0.2, -0.15) is 0 Å². The molecule has 0 radical (unpaired) electrons. The molecule has 0 aliphatic heterocycles. The summed E-state index contributed by atoms with van der Waals surface area (Å²) in [7, 11) is 1.28. The van der Waals surface area contributed by atoms with Gasteiger partial charge in [-0.3, -0.25) is 10.1 Å². The van der Waals surface area contributed by atoms with Gasteiger partial charge < -0.3 is 15.8 Å². The first-order chi connectivity index (χ1) is 9.06. The first kappa shape index (κ1) is 15.0. The van der Waals surface area contributed by atoms with Crippen LogP contribution in [0.15, 0.2) is 24.3 Å². The number of benzene rings is 1. The Hall–Kier alpha value is -2.08. The fraction of sp³-hybridized carbons (Fsp3) is 0.385. The van der Waals surface area contributed by atoms with Gasteiger partial charge in [-0.25, -0.2) is 4.79 Å². The number of methoxy groups -OCH3 is 1. The van der Waals surface area contributed by atoms with Crippen LogP contribution in [0, 0.1) is 0 Å². The van der Waals surface area contributed by atoms with Crippen LogP contribution in [0.25, 0.3) is 0 Å². The standard InChI is InChI=1S/C13H19N3O3/c1-3-5-11(14)12(17)15-9-6-4-7-10(8-9)16-13(18)19-2/h4,6-8,11H,3,5,14H2,1-2H3,(H,15,17)(H,16,18). The minimum absolute atomic E-state index is 0.239. The smallest absolute Gasteiger partial charge is 0.411 e. The Kier molecular flexibility index (Phi) is 5.81. The lowest BCUT2D eigenvalue weighted by Gasteiger charge is -2.12. The molecule has 0 aliphatic rings. The second kappa shape index (κ2) is 7.38. The summed E-state index contributed by atoms with van der Waals surface area (Å²) in [5, 5.41) is 5.22. The molecule has 0 aromatic heterocycles. The van der Waals surface area contributed by atoms with Crippen molar-refractivity contribution in [2.45, 2.75) is 25.8 Å². The third kappa shape index (κ3) is 4.97. The van der Waals surface area contributed by atoms with Crippen LogP contribution in [0.4, 0.5) is 16.2 Å². The van der Waals surface area contributed by atoms with Crippen LogP contribution in [0.5, 0.6) is 0 Å². The maximum Gasteiger partial charge on any atom is 0.411 e. The molecular formula is C13H19N3O3. The maximum atomic E-state index is 11.7. The molecular weight excluding hydrogens is 246 g/mol. The van der Waals surface area contributed by atoms with Crippen molar-refractivity contribution < 1.29 is 14.3 Å². The van der Waals surface area contributed by atoms with E-state index >= 15 is 0 Å². The van der Waals surface area contributed by atoms with Crippen LogP contribution < -0.4 is 16.4 Å². The Labute approximate surface area is 112 Å². The molecule has 19 heavy (non-hydrogen) atoms. The zero-order chi connectivity index (χ0) is 14.3. The molecule has 1 atom stereocenters. The van der Waals surface area contributed by atoms with Crippen LogP contribution in [0.2, 0.25) is 0 Å². The van der Waals surface area contributed by atoms with Gasteiger partial charge in [-0.05, 0) is 24.6 Å². The van der Waals surface area contributed by atoms with Crippen molar-refractivity contribution in [3.8, 4) is 0 Å². The predicted octanol–water partition coefficient (Wildman–Crippen LogP) is 1.93. The Morgan fingerprint density at radius 2 is 1.95 bits per heavy atom. The highest BCUT2D eigenvalue weighted by Gasteiger charge is 2.12. The molecule has 104 valence electrons. The lowest BCUT2D eigenvalue weighted by atomic mass is 10.1. The van der Waals surface area contributed by atoms with E-state index in [4.69, 9.17) is 5.73 Å². The quantitative estimate of drug-likeness (QED) is 0.758. The highest BCUT2D eigenvalue weighted by atomic mass is 16.5. The summed E-state index contributed by atoms with van der Waals surface area (Å²) in [6, 6.07) is 6.24. The van der Waals surface area contributed by atoms with E-state index in [0.717, 1.165) is 6.42 Å². The van der Waals surface area contributed by atoms with Crippen LogP contribution in [0.1, 0.15) is 19.8 Å². The number of nitrogens with one attached hydrogen (secondary N) is 2. The lowest BCUT2D eigenvalue weighted by Crippen LogP contribution is -2.35. The van der Waals surface area contributed by atoms with Crippen molar-refractivity contribution >= 4 is 23.4 Å². The molecule has 1 unspecified atom stereocenters. The van der Waals surface area contributed by atoms with E-state index in [2.05, 4.69) is 15.4 Å². The molecule has 0 spiro atoms. The third-order valence-corrected chi connectivity index (χ3v) is 2.50. The maximum absolute atomic E-state index is 11.7. The molecule has 6 heteroatoms. The van der Waals surface area contributed by atoms with E-state index in [1.807, 2.05) is 6.92 Å². The summed E-state index contributed by atoms with van der Waals surface area (Å²) < 4.78 is 4.49. The molecule has 0 fully saturated rings. The zero-order valence-electron chi connectivity index (χ0n) is 11.1. The number of hydrogen-bond donors (Lipinski definition) is 3. The second-order valence-corrected chi connectivity index (χ2v) is 4.08. The molecule has 1 aromatic rings. The SMILES string of the molecule is CCCC(N)C(=O)Nc1cccc(NC(=O)OC)c1. The van der Waals surface area contributed by atoms with Gasteiger partial charge >= 0.3 is 6.09 Å². The largest absolute Gasteiger partial charge is 0.453 e. The first-order valence-electron chi connectivity index (χ1n) is 6.08. The number of rotatable bonds is 5. The van der Waals surface area contributed by atoms with Crippen molar-refractivity contribution in [2.24, 2.45) is 5.73 Å². The molecule has 4 N–H and O–H groups in total. The molecule has 0 saturated carbocycles. The Balaban J connectivity index is 2.66. The molecule has 0 heterocycles. The van der Waals surface area contributed by atoms with Crippen LogP contribution in [-0.4, -0.2) is 25.2 Å². The average molecular weight is 265 g/mol. The van der Waals surface area contributed by atoms with Crippen LogP contribution >= 0.6 is 0 Å². The van der Waals surface area contributed by atoms with E-state index in [9.17, 15) is 9.59 Å². The van der Waals surface area contributed by atoms with Crippen molar-refractivity contribution in [1.82, 2.24) is 0 Å². The number of nitrogens with two attached hydrogens (primary N) is 1. The first-order valence-corrected chi connectivity index (χ1v) is 6.08. The molecule has 6 nitrogen and oxygen atoms in total. The molecule has 1 aromatic carbocycles. The van der Waals surface area contributed by atoms with Gasteiger partial charge in [0.1, 0.15) is 0 Å². The number of hydrogen-bond acceptors (Lipinski definition) is 4. The Morgan fingerprint density at radius 1 is 1.32 bits per heavy atom. The third-order valence-electron chi connectivity index (χ3n) is 2.50. The van der Waals surface area contributed by atoms with Crippen molar-refractivity contribution in [3.63, 3.8) is 0 Å². The number of amides is 2. The highest BCUT2D eigenvalue weighted by molar-refractivity contribution is 5.95. The predicted molar refractivity (Wildman–Crippen MR) is 74.0 cm³/mol. The summed E-state index contributed by atoms with van der Waals surface area (Å²) in [5.74, 6) is -0.239. The van der Waals surface area contributed by atoms with Gasteiger partial charge in [0.2, 0.25) is 5.91 Å². The van der Waals surface area contributed by atoms with E-state index in [0.29, 0.717) is 17.8 Å². The van der Waals surface area contributed by atoms with Gasteiger partial charge in [-0.1, -0.05) is 19.4 Å². The summed E-state index contributed by atoms with van der Waals surface area (Å²) in [6.07, 6.45) is 0.913. The van der Waals surface area contributed by atoms with Gasteiger partial charge in [-0.15, -0.1) is 0 Å².